The largest absolute Gasteiger partial charge is 0.388 e. The van der Waals surface area contributed by atoms with Gasteiger partial charge in [0.05, 0.1) is 26.4 Å². The van der Waals surface area contributed by atoms with Gasteiger partial charge in [-0.3, -0.25) is 0 Å². The molecule has 3 rings (SSSR count). The van der Waals surface area contributed by atoms with Crippen molar-refractivity contribution in [2.24, 2.45) is 0 Å². The maximum absolute atomic E-state index is 5.44. The molecule has 0 amide bonds. The van der Waals surface area contributed by atoms with Crippen LogP contribution in [0, 0.1) is 0 Å². The highest BCUT2D eigenvalue weighted by molar-refractivity contribution is 5.69. The van der Waals surface area contributed by atoms with E-state index in [2.05, 4.69) is 33.3 Å². The van der Waals surface area contributed by atoms with Crippen LogP contribution in [0.15, 0.2) is 18.2 Å². The fourth-order valence-corrected chi connectivity index (χ4v) is 2.75. The van der Waals surface area contributed by atoms with Gasteiger partial charge in [0.2, 0.25) is 0 Å². The van der Waals surface area contributed by atoms with Gasteiger partial charge in [0.1, 0.15) is 0 Å². The predicted molar refractivity (Wildman–Crippen MR) is 82.1 cm³/mol. The SMILES string of the molecule is CNc1cc(N2CCOCC2)cc(N2CCOCC2)c1. The fourth-order valence-electron chi connectivity index (χ4n) is 2.75. The number of nitrogens with one attached hydrogen (secondary N) is 1. The highest BCUT2D eigenvalue weighted by Gasteiger charge is 2.16. The molecular weight excluding hydrogens is 254 g/mol. The first-order valence-corrected chi connectivity index (χ1v) is 7.35. The molecule has 5 heteroatoms. The van der Waals surface area contributed by atoms with Crippen molar-refractivity contribution in [3.8, 4) is 0 Å². The van der Waals surface area contributed by atoms with Gasteiger partial charge in [-0.15, -0.1) is 0 Å². The Kier molecular flexibility index (Phi) is 4.28. The summed E-state index contributed by atoms with van der Waals surface area (Å²) in [6.07, 6.45) is 0. The van der Waals surface area contributed by atoms with E-state index < -0.39 is 0 Å². The van der Waals surface area contributed by atoms with Gasteiger partial charge in [0, 0.05) is 50.3 Å². The molecule has 2 aliphatic heterocycles. The van der Waals surface area contributed by atoms with Crippen molar-refractivity contribution < 1.29 is 9.47 Å². The minimum atomic E-state index is 0.816. The summed E-state index contributed by atoms with van der Waals surface area (Å²) in [5, 5.41) is 3.27. The van der Waals surface area contributed by atoms with E-state index in [0.717, 1.165) is 58.3 Å². The number of ether oxygens (including phenoxy) is 2. The number of hydrogen-bond donors (Lipinski definition) is 1. The summed E-state index contributed by atoms with van der Waals surface area (Å²) in [6.45, 7) is 7.14. The summed E-state index contributed by atoms with van der Waals surface area (Å²) in [4.78, 5) is 4.79. The standard InChI is InChI=1S/C15H23N3O2/c1-16-13-10-14(17-2-6-19-7-3-17)12-15(11-13)18-4-8-20-9-5-18/h10-12,16H,2-9H2,1H3. The first-order chi connectivity index (χ1) is 9.86. The van der Waals surface area contributed by atoms with Crippen molar-refractivity contribution in [2.75, 3.05) is 74.8 Å². The molecule has 5 nitrogen and oxygen atoms in total. The van der Waals surface area contributed by atoms with Crippen LogP contribution < -0.4 is 15.1 Å². The number of morpholine rings is 2. The van der Waals surface area contributed by atoms with Crippen LogP contribution in [-0.2, 0) is 9.47 Å². The van der Waals surface area contributed by atoms with Gasteiger partial charge in [-0.05, 0) is 18.2 Å². The Morgan fingerprint density at radius 2 is 1.25 bits per heavy atom. The Bertz CT molecular complexity index is 404. The summed E-state index contributed by atoms with van der Waals surface area (Å²) in [5.41, 5.74) is 3.72. The predicted octanol–water partition coefficient (Wildman–Crippen LogP) is 1.40. The average Bonchev–Trinajstić information content (AvgIpc) is 2.56. The normalized spacial score (nSPS) is 20.1. The minimum absolute atomic E-state index is 0.816. The third-order valence-corrected chi connectivity index (χ3v) is 3.94. The van der Waals surface area contributed by atoms with E-state index in [1.165, 1.54) is 11.4 Å². The van der Waals surface area contributed by atoms with Crippen molar-refractivity contribution in [1.82, 2.24) is 0 Å². The van der Waals surface area contributed by atoms with Crippen LogP contribution in [0.5, 0.6) is 0 Å². The number of hydrogen-bond acceptors (Lipinski definition) is 5. The summed E-state index contributed by atoms with van der Waals surface area (Å²) in [5.74, 6) is 0. The molecule has 110 valence electrons. The number of anilines is 3. The zero-order valence-electron chi connectivity index (χ0n) is 12.1. The Morgan fingerprint density at radius 1 is 0.800 bits per heavy atom. The molecule has 1 aromatic carbocycles. The third kappa shape index (κ3) is 2.99. The van der Waals surface area contributed by atoms with Gasteiger partial charge < -0.3 is 24.6 Å². The first-order valence-electron chi connectivity index (χ1n) is 7.35. The van der Waals surface area contributed by atoms with Gasteiger partial charge in [0.25, 0.3) is 0 Å². The number of benzene rings is 1. The van der Waals surface area contributed by atoms with Crippen LogP contribution in [-0.4, -0.2) is 59.7 Å². The van der Waals surface area contributed by atoms with Crippen LogP contribution in [0.2, 0.25) is 0 Å². The molecule has 2 saturated heterocycles. The van der Waals surface area contributed by atoms with Crippen molar-refractivity contribution in [3.63, 3.8) is 0 Å². The van der Waals surface area contributed by atoms with E-state index in [9.17, 15) is 0 Å². The van der Waals surface area contributed by atoms with Gasteiger partial charge >= 0.3 is 0 Å². The molecule has 0 radical (unpaired) electrons. The molecule has 1 aromatic rings. The second-order valence-electron chi connectivity index (χ2n) is 5.19. The zero-order chi connectivity index (χ0) is 13.8. The lowest BCUT2D eigenvalue weighted by Crippen LogP contribution is -2.38. The van der Waals surface area contributed by atoms with E-state index >= 15 is 0 Å². The van der Waals surface area contributed by atoms with Crippen molar-refractivity contribution in [1.29, 1.82) is 0 Å². The van der Waals surface area contributed by atoms with Crippen LogP contribution in [0.1, 0.15) is 0 Å². The molecule has 2 aliphatic rings. The molecule has 2 fully saturated rings. The summed E-state index contributed by atoms with van der Waals surface area (Å²) < 4.78 is 10.9. The molecule has 0 aromatic heterocycles. The van der Waals surface area contributed by atoms with Gasteiger partial charge in [-0.25, -0.2) is 0 Å². The van der Waals surface area contributed by atoms with Crippen molar-refractivity contribution >= 4 is 17.1 Å². The first kappa shape index (κ1) is 13.5. The van der Waals surface area contributed by atoms with Crippen molar-refractivity contribution in [2.45, 2.75) is 0 Å². The molecule has 0 atom stereocenters. The Labute approximate surface area is 120 Å². The lowest BCUT2D eigenvalue weighted by Gasteiger charge is -2.33. The fraction of sp³-hybridized carbons (Fsp3) is 0.600. The van der Waals surface area contributed by atoms with E-state index in [1.807, 2.05) is 7.05 Å². The maximum atomic E-state index is 5.44. The average molecular weight is 277 g/mol. The monoisotopic (exact) mass is 277 g/mol. The third-order valence-electron chi connectivity index (χ3n) is 3.94. The Balaban J connectivity index is 1.85. The number of rotatable bonds is 3. The van der Waals surface area contributed by atoms with Crippen LogP contribution in [0.4, 0.5) is 17.1 Å². The Hall–Kier alpha value is -1.46. The van der Waals surface area contributed by atoms with Gasteiger partial charge in [-0.1, -0.05) is 0 Å². The maximum Gasteiger partial charge on any atom is 0.0642 e. The van der Waals surface area contributed by atoms with Crippen LogP contribution in [0.3, 0.4) is 0 Å². The molecule has 0 saturated carbocycles. The molecule has 2 heterocycles. The summed E-state index contributed by atoms with van der Waals surface area (Å²) in [7, 11) is 1.97. The highest BCUT2D eigenvalue weighted by Crippen LogP contribution is 2.29. The molecule has 20 heavy (non-hydrogen) atoms. The highest BCUT2D eigenvalue weighted by atomic mass is 16.5. The van der Waals surface area contributed by atoms with Gasteiger partial charge in [-0.2, -0.15) is 0 Å². The van der Waals surface area contributed by atoms with E-state index in [0.29, 0.717) is 0 Å². The van der Waals surface area contributed by atoms with E-state index in [1.54, 1.807) is 0 Å². The molecular formula is C15H23N3O2. The number of nitrogens with zero attached hydrogens (tertiary/aromatic N) is 2. The van der Waals surface area contributed by atoms with Crippen LogP contribution in [0.25, 0.3) is 0 Å². The topological polar surface area (TPSA) is 37.0 Å². The van der Waals surface area contributed by atoms with Crippen LogP contribution >= 0.6 is 0 Å². The molecule has 1 N–H and O–H groups in total. The molecule has 0 spiro atoms. The zero-order valence-corrected chi connectivity index (χ0v) is 12.1. The smallest absolute Gasteiger partial charge is 0.0642 e. The van der Waals surface area contributed by atoms with Gasteiger partial charge in [0.15, 0.2) is 0 Å². The summed E-state index contributed by atoms with van der Waals surface area (Å²) >= 11 is 0. The van der Waals surface area contributed by atoms with Crippen molar-refractivity contribution in [3.05, 3.63) is 18.2 Å². The lowest BCUT2D eigenvalue weighted by atomic mass is 10.2. The van der Waals surface area contributed by atoms with E-state index in [-0.39, 0.29) is 0 Å². The quantitative estimate of drug-likeness (QED) is 0.904. The Morgan fingerprint density at radius 3 is 1.65 bits per heavy atom. The molecule has 0 bridgehead atoms. The minimum Gasteiger partial charge on any atom is -0.388 e. The summed E-state index contributed by atoms with van der Waals surface area (Å²) in [6, 6.07) is 6.72. The van der Waals surface area contributed by atoms with E-state index in [4.69, 9.17) is 9.47 Å². The lowest BCUT2D eigenvalue weighted by molar-refractivity contribution is 0.122. The second-order valence-corrected chi connectivity index (χ2v) is 5.19. The molecule has 0 unspecified atom stereocenters. The second kappa shape index (κ2) is 6.33. The molecule has 0 aliphatic carbocycles.